The Hall–Kier alpha value is -1.51. The maximum absolute atomic E-state index is 10.8. The van der Waals surface area contributed by atoms with E-state index in [1.165, 1.54) is 24.8 Å². The first-order valence-electron chi connectivity index (χ1n) is 8.20. The Morgan fingerprint density at radius 3 is 2.33 bits per heavy atom. The van der Waals surface area contributed by atoms with Crippen molar-refractivity contribution in [3.63, 3.8) is 0 Å². The maximum atomic E-state index is 10.8. The lowest BCUT2D eigenvalue weighted by Crippen LogP contribution is -2.07. The highest BCUT2D eigenvalue weighted by Gasteiger charge is 2.12. The molecule has 118 valence electrons. The van der Waals surface area contributed by atoms with Crippen molar-refractivity contribution >= 4 is 6.16 Å². The van der Waals surface area contributed by atoms with E-state index in [-0.39, 0.29) is 0 Å². The van der Waals surface area contributed by atoms with Crippen molar-refractivity contribution in [1.82, 2.24) is 0 Å². The van der Waals surface area contributed by atoms with Gasteiger partial charge in [-0.25, -0.2) is 4.79 Å². The van der Waals surface area contributed by atoms with Gasteiger partial charge in [-0.2, -0.15) is 0 Å². The number of carboxylic acid groups (broad SMARTS) is 1. The second-order valence-corrected chi connectivity index (χ2v) is 5.53. The molecular weight excluding hydrogens is 264 g/mol. The molecule has 3 nitrogen and oxygen atoms in total. The Kier molecular flexibility index (Phi) is 8.56. The lowest BCUT2D eigenvalue weighted by molar-refractivity contribution is 0.144. The number of benzene rings is 1. The van der Waals surface area contributed by atoms with Crippen LogP contribution in [0.5, 0.6) is 5.75 Å². The number of ether oxygens (including phenoxy) is 1. The Morgan fingerprint density at radius 1 is 1.00 bits per heavy atom. The standard InChI is InChI=1S/C18H28O3/c1-3-5-7-9-11-15-12-10-14-17(21-18(19)20)16(15)13-8-6-4-2/h10,12,14H,3-9,11,13H2,1-2H3,(H,19,20). The Bertz CT molecular complexity index is 426. The van der Waals surface area contributed by atoms with Crippen molar-refractivity contribution in [2.45, 2.75) is 71.6 Å². The van der Waals surface area contributed by atoms with Crippen LogP contribution in [0.15, 0.2) is 18.2 Å². The quantitative estimate of drug-likeness (QED) is 0.347. The highest BCUT2D eigenvalue weighted by molar-refractivity contribution is 5.62. The zero-order chi connectivity index (χ0) is 15.5. The molecule has 0 aliphatic heterocycles. The average molecular weight is 292 g/mol. The summed E-state index contributed by atoms with van der Waals surface area (Å²) in [7, 11) is 0. The van der Waals surface area contributed by atoms with E-state index in [9.17, 15) is 4.79 Å². The van der Waals surface area contributed by atoms with Gasteiger partial charge in [0.2, 0.25) is 0 Å². The molecule has 0 saturated carbocycles. The minimum absolute atomic E-state index is 0.520. The molecule has 21 heavy (non-hydrogen) atoms. The third kappa shape index (κ3) is 6.65. The van der Waals surface area contributed by atoms with Gasteiger partial charge in [0.25, 0.3) is 0 Å². The molecule has 0 spiro atoms. The van der Waals surface area contributed by atoms with E-state index in [0.717, 1.165) is 44.1 Å². The molecule has 1 rings (SSSR count). The maximum Gasteiger partial charge on any atom is 0.511 e. The largest absolute Gasteiger partial charge is 0.511 e. The number of hydrogen-bond acceptors (Lipinski definition) is 2. The normalized spacial score (nSPS) is 10.6. The third-order valence-electron chi connectivity index (χ3n) is 3.76. The van der Waals surface area contributed by atoms with Crippen molar-refractivity contribution in [2.75, 3.05) is 0 Å². The Morgan fingerprint density at radius 2 is 1.67 bits per heavy atom. The number of carbonyl (C=O) groups is 1. The number of unbranched alkanes of at least 4 members (excludes halogenated alkanes) is 5. The molecule has 0 radical (unpaired) electrons. The summed E-state index contributed by atoms with van der Waals surface area (Å²) in [5.41, 5.74) is 2.34. The highest BCUT2D eigenvalue weighted by atomic mass is 16.7. The summed E-state index contributed by atoms with van der Waals surface area (Å²) < 4.78 is 4.96. The molecule has 0 amide bonds. The van der Waals surface area contributed by atoms with Gasteiger partial charge >= 0.3 is 6.16 Å². The fourth-order valence-corrected chi connectivity index (χ4v) is 2.61. The van der Waals surface area contributed by atoms with E-state index in [4.69, 9.17) is 9.84 Å². The van der Waals surface area contributed by atoms with Crippen LogP contribution in [0.2, 0.25) is 0 Å². The third-order valence-corrected chi connectivity index (χ3v) is 3.76. The van der Waals surface area contributed by atoms with Gasteiger partial charge in [-0.3, -0.25) is 0 Å². The predicted molar refractivity (Wildman–Crippen MR) is 86.2 cm³/mol. The summed E-state index contributed by atoms with van der Waals surface area (Å²) in [5.74, 6) is 0.520. The molecule has 1 aromatic rings. The van der Waals surface area contributed by atoms with Crippen LogP contribution in [-0.4, -0.2) is 11.3 Å². The van der Waals surface area contributed by atoms with Crippen LogP contribution in [0, 0.1) is 0 Å². The van der Waals surface area contributed by atoms with E-state index in [0.29, 0.717) is 5.75 Å². The molecule has 0 unspecified atom stereocenters. The molecule has 1 N–H and O–H groups in total. The summed E-state index contributed by atoms with van der Waals surface area (Å²) in [6.07, 6.45) is 8.97. The van der Waals surface area contributed by atoms with Crippen molar-refractivity contribution in [3.05, 3.63) is 29.3 Å². The monoisotopic (exact) mass is 292 g/mol. The first-order chi connectivity index (χ1) is 10.2. The van der Waals surface area contributed by atoms with Crippen LogP contribution < -0.4 is 4.74 Å². The molecule has 0 bridgehead atoms. The molecule has 0 fully saturated rings. The minimum Gasteiger partial charge on any atom is -0.449 e. The lowest BCUT2D eigenvalue weighted by Gasteiger charge is -2.13. The van der Waals surface area contributed by atoms with Gasteiger partial charge in [0.15, 0.2) is 0 Å². The molecule has 0 atom stereocenters. The molecular formula is C18H28O3. The molecule has 0 aliphatic rings. The first kappa shape index (κ1) is 17.5. The predicted octanol–water partition coefficient (Wildman–Crippen LogP) is 5.60. The summed E-state index contributed by atoms with van der Waals surface area (Å²) in [6.45, 7) is 4.38. The SMILES string of the molecule is CCCCCCc1cccc(OC(=O)O)c1CCCCC. The van der Waals surface area contributed by atoms with Crippen molar-refractivity contribution in [1.29, 1.82) is 0 Å². The van der Waals surface area contributed by atoms with E-state index in [1.807, 2.05) is 6.07 Å². The van der Waals surface area contributed by atoms with Crippen LogP contribution in [-0.2, 0) is 12.8 Å². The highest BCUT2D eigenvalue weighted by Crippen LogP contribution is 2.26. The van der Waals surface area contributed by atoms with Crippen LogP contribution in [0.1, 0.15) is 69.9 Å². The Balaban J connectivity index is 2.79. The van der Waals surface area contributed by atoms with Gasteiger partial charge in [0, 0.05) is 0 Å². The minimum atomic E-state index is -1.23. The zero-order valence-corrected chi connectivity index (χ0v) is 13.4. The molecule has 0 aliphatic carbocycles. The van der Waals surface area contributed by atoms with Crippen molar-refractivity contribution in [3.8, 4) is 5.75 Å². The summed E-state index contributed by atoms with van der Waals surface area (Å²) in [6, 6.07) is 5.78. The fourth-order valence-electron chi connectivity index (χ4n) is 2.61. The first-order valence-corrected chi connectivity index (χ1v) is 8.20. The smallest absolute Gasteiger partial charge is 0.449 e. The molecule has 0 heterocycles. The van der Waals surface area contributed by atoms with Crippen LogP contribution in [0.25, 0.3) is 0 Å². The van der Waals surface area contributed by atoms with Gasteiger partial charge in [-0.05, 0) is 42.9 Å². The van der Waals surface area contributed by atoms with Crippen LogP contribution >= 0.6 is 0 Å². The summed E-state index contributed by atoms with van der Waals surface area (Å²) >= 11 is 0. The van der Waals surface area contributed by atoms with Crippen molar-refractivity contribution in [2.24, 2.45) is 0 Å². The van der Waals surface area contributed by atoms with Crippen LogP contribution in [0.4, 0.5) is 4.79 Å². The van der Waals surface area contributed by atoms with Gasteiger partial charge in [-0.1, -0.05) is 58.1 Å². The summed E-state index contributed by atoms with van der Waals surface area (Å²) in [4.78, 5) is 10.8. The Labute approximate surface area is 128 Å². The second kappa shape index (κ2) is 10.3. The number of aryl methyl sites for hydroxylation is 1. The van der Waals surface area contributed by atoms with E-state index < -0.39 is 6.16 Å². The number of hydrogen-bond donors (Lipinski definition) is 1. The molecule has 3 heteroatoms. The van der Waals surface area contributed by atoms with Gasteiger partial charge in [0.05, 0.1) is 0 Å². The summed E-state index contributed by atoms with van der Waals surface area (Å²) in [5, 5.41) is 8.88. The van der Waals surface area contributed by atoms with Gasteiger partial charge in [-0.15, -0.1) is 0 Å². The molecule has 1 aromatic carbocycles. The van der Waals surface area contributed by atoms with E-state index in [1.54, 1.807) is 6.07 Å². The second-order valence-electron chi connectivity index (χ2n) is 5.53. The lowest BCUT2D eigenvalue weighted by atomic mass is 9.96. The van der Waals surface area contributed by atoms with Gasteiger partial charge in [0.1, 0.15) is 5.75 Å². The zero-order valence-electron chi connectivity index (χ0n) is 13.4. The fraction of sp³-hybridized carbons (Fsp3) is 0.611. The average Bonchev–Trinajstić information content (AvgIpc) is 2.45. The number of rotatable bonds is 10. The van der Waals surface area contributed by atoms with Crippen molar-refractivity contribution < 1.29 is 14.6 Å². The molecule has 0 saturated heterocycles. The van der Waals surface area contributed by atoms with Crippen LogP contribution in [0.3, 0.4) is 0 Å². The van der Waals surface area contributed by atoms with Gasteiger partial charge < -0.3 is 9.84 Å². The van der Waals surface area contributed by atoms with E-state index in [2.05, 4.69) is 19.9 Å². The van der Waals surface area contributed by atoms with E-state index >= 15 is 0 Å². The molecule has 0 aromatic heterocycles. The topological polar surface area (TPSA) is 46.5 Å².